The Morgan fingerprint density at radius 2 is 2.03 bits per heavy atom. The minimum Gasteiger partial charge on any atom is -0.357 e. The van der Waals surface area contributed by atoms with Gasteiger partial charge in [0.1, 0.15) is 0 Å². The van der Waals surface area contributed by atoms with E-state index in [9.17, 15) is 4.79 Å². The fourth-order valence-corrected chi connectivity index (χ4v) is 3.73. The van der Waals surface area contributed by atoms with Crippen molar-refractivity contribution in [2.75, 3.05) is 39.0 Å². The van der Waals surface area contributed by atoms with Crippen LogP contribution in [0.4, 0.5) is 5.69 Å². The predicted octanol–water partition coefficient (Wildman–Crippen LogP) is 3.18. The number of carbonyl (C=O) groups excluding carboxylic acids is 1. The summed E-state index contributed by atoms with van der Waals surface area (Å²) in [5.41, 5.74) is 1.85. The average Bonchev–Trinajstić information content (AvgIpc) is 3.16. The van der Waals surface area contributed by atoms with E-state index in [2.05, 4.69) is 47.3 Å². The van der Waals surface area contributed by atoms with Crippen molar-refractivity contribution in [1.29, 1.82) is 0 Å². The molecule has 0 bridgehead atoms. The molecule has 0 fully saturated rings. The molecule has 7 heteroatoms. The highest BCUT2D eigenvalue weighted by Crippen LogP contribution is 2.14. The fraction of sp³-hybridized carbons (Fsp3) is 0.455. The van der Waals surface area contributed by atoms with E-state index in [4.69, 9.17) is 4.99 Å². The second kappa shape index (κ2) is 12.2. The van der Waals surface area contributed by atoms with Crippen molar-refractivity contribution < 1.29 is 4.79 Å². The minimum absolute atomic E-state index is 0.0228. The van der Waals surface area contributed by atoms with E-state index in [-0.39, 0.29) is 5.91 Å². The Bertz CT molecular complexity index is 773. The predicted molar refractivity (Wildman–Crippen MR) is 124 cm³/mol. The number of nitrogens with zero attached hydrogens (tertiary/aromatic N) is 2. The van der Waals surface area contributed by atoms with Crippen molar-refractivity contribution in [1.82, 2.24) is 15.5 Å². The van der Waals surface area contributed by atoms with E-state index in [1.165, 1.54) is 4.88 Å². The van der Waals surface area contributed by atoms with E-state index in [0.29, 0.717) is 19.0 Å². The number of amides is 1. The lowest BCUT2D eigenvalue weighted by molar-refractivity contribution is -0.116. The van der Waals surface area contributed by atoms with Gasteiger partial charge in [-0.05, 0) is 62.5 Å². The van der Waals surface area contributed by atoms with Crippen LogP contribution < -0.4 is 16.0 Å². The van der Waals surface area contributed by atoms with Crippen LogP contribution in [0.2, 0.25) is 0 Å². The van der Waals surface area contributed by atoms with Crippen LogP contribution in [0.25, 0.3) is 0 Å². The third-order valence-electron chi connectivity index (χ3n) is 4.18. The number of thiophene rings is 1. The lowest BCUT2D eigenvalue weighted by atomic mass is 10.1. The number of carbonyl (C=O) groups is 1. The van der Waals surface area contributed by atoms with Crippen molar-refractivity contribution in [3.05, 3.63) is 52.2 Å². The Labute approximate surface area is 178 Å². The van der Waals surface area contributed by atoms with Crippen molar-refractivity contribution in [3.63, 3.8) is 0 Å². The maximum absolute atomic E-state index is 11.9. The lowest BCUT2D eigenvalue weighted by Gasteiger charge is -2.15. The van der Waals surface area contributed by atoms with E-state index >= 15 is 0 Å². The normalized spacial score (nSPS) is 12.7. The van der Waals surface area contributed by atoms with Gasteiger partial charge in [-0.15, -0.1) is 11.3 Å². The molecule has 1 amide bonds. The molecule has 0 radical (unpaired) electrons. The monoisotopic (exact) mass is 415 g/mol. The third kappa shape index (κ3) is 9.11. The molecule has 1 atom stereocenters. The highest BCUT2D eigenvalue weighted by atomic mass is 32.1. The van der Waals surface area contributed by atoms with Crippen LogP contribution in [0.15, 0.2) is 46.8 Å². The van der Waals surface area contributed by atoms with Crippen molar-refractivity contribution in [2.45, 2.75) is 26.8 Å². The van der Waals surface area contributed by atoms with Gasteiger partial charge < -0.3 is 20.9 Å². The van der Waals surface area contributed by atoms with Gasteiger partial charge in [0, 0.05) is 23.7 Å². The van der Waals surface area contributed by atoms with E-state index in [1.54, 1.807) is 11.3 Å². The number of anilines is 1. The Morgan fingerprint density at radius 1 is 1.21 bits per heavy atom. The Balaban J connectivity index is 1.90. The first kappa shape index (κ1) is 22.9. The van der Waals surface area contributed by atoms with Crippen LogP contribution in [0.5, 0.6) is 0 Å². The van der Waals surface area contributed by atoms with Gasteiger partial charge in [0.2, 0.25) is 5.91 Å². The summed E-state index contributed by atoms with van der Waals surface area (Å²) in [6.45, 7) is 6.89. The van der Waals surface area contributed by atoms with Crippen LogP contribution in [0.3, 0.4) is 0 Å². The van der Waals surface area contributed by atoms with Gasteiger partial charge in [-0.1, -0.05) is 25.1 Å². The second-order valence-electron chi connectivity index (χ2n) is 7.45. The summed E-state index contributed by atoms with van der Waals surface area (Å²) in [6, 6.07) is 12.1. The molecule has 3 N–H and O–H groups in total. The number of guanidine groups is 1. The second-order valence-corrected chi connectivity index (χ2v) is 8.48. The molecule has 0 saturated heterocycles. The highest BCUT2D eigenvalue weighted by Gasteiger charge is 2.07. The molecule has 158 valence electrons. The molecule has 2 aromatic rings. The van der Waals surface area contributed by atoms with Crippen LogP contribution in [-0.4, -0.2) is 50.5 Å². The van der Waals surface area contributed by atoms with E-state index in [1.807, 2.05) is 43.3 Å². The zero-order chi connectivity index (χ0) is 21.1. The van der Waals surface area contributed by atoms with Crippen molar-refractivity contribution in [3.8, 4) is 0 Å². The standard InChI is InChI=1S/C22H33N5OS/c1-5-23-22(24-14-17(2)12-20-10-7-11-29-20)25-15-18-8-6-9-19(13-18)26-21(28)16-27(3)4/h6-11,13,17H,5,12,14-16H2,1-4H3,(H,26,28)(H2,23,24,25). The Morgan fingerprint density at radius 3 is 2.72 bits per heavy atom. The number of likely N-dealkylation sites (N-methyl/N-ethyl adjacent to an activating group) is 1. The third-order valence-corrected chi connectivity index (χ3v) is 5.08. The lowest BCUT2D eigenvalue weighted by Crippen LogP contribution is -2.39. The Hall–Kier alpha value is -2.38. The smallest absolute Gasteiger partial charge is 0.238 e. The first-order valence-corrected chi connectivity index (χ1v) is 10.9. The molecule has 0 spiro atoms. The zero-order valence-electron chi connectivity index (χ0n) is 17.9. The minimum atomic E-state index is -0.0228. The molecule has 0 aliphatic heterocycles. The van der Waals surface area contributed by atoms with Crippen LogP contribution in [0.1, 0.15) is 24.3 Å². The van der Waals surface area contributed by atoms with Gasteiger partial charge in [0.05, 0.1) is 13.1 Å². The molecule has 0 aliphatic carbocycles. The summed E-state index contributed by atoms with van der Waals surface area (Å²) in [4.78, 5) is 19.9. The maximum atomic E-state index is 11.9. The van der Waals surface area contributed by atoms with E-state index < -0.39 is 0 Å². The first-order chi connectivity index (χ1) is 14.0. The molecule has 0 saturated carbocycles. The van der Waals surface area contributed by atoms with Gasteiger partial charge in [-0.25, -0.2) is 4.99 Å². The molecule has 6 nitrogen and oxygen atoms in total. The largest absolute Gasteiger partial charge is 0.357 e. The summed E-state index contributed by atoms with van der Waals surface area (Å²) in [5.74, 6) is 1.31. The molecule has 29 heavy (non-hydrogen) atoms. The van der Waals surface area contributed by atoms with Crippen LogP contribution in [0, 0.1) is 5.92 Å². The number of rotatable bonds is 10. The number of aliphatic imine (C=N–C) groups is 1. The number of benzene rings is 1. The number of nitrogens with one attached hydrogen (secondary N) is 3. The molecular weight excluding hydrogens is 382 g/mol. The first-order valence-electron chi connectivity index (χ1n) is 10.0. The van der Waals surface area contributed by atoms with Crippen LogP contribution >= 0.6 is 11.3 Å². The van der Waals surface area contributed by atoms with Crippen LogP contribution in [-0.2, 0) is 17.8 Å². The molecule has 1 unspecified atom stereocenters. The fourth-order valence-electron chi connectivity index (χ4n) is 2.86. The van der Waals surface area contributed by atoms with Gasteiger partial charge in [0.25, 0.3) is 0 Å². The molecular formula is C22H33N5OS. The maximum Gasteiger partial charge on any atom is 0.238 e. The van der Waals surface area contributed by atoms with Gasteiger partial charge in [-0.2, -0.15) is 0 Å². The summed E-state index contributed by atoms with van der Waals surface area (Å²) in [5, 5.41) is 11.8. The molecule has 1 aromatic carbocycles. The van der Waals surface area contributed by atoms with Gasteiger partial charge in [-0.3, -0.25) is 4.79 Å². The molecule has 1 aromatic heterocycles. The summed E-state index contributed by atoms with van der Waals surface area (Å²) in [6.07, 6.45) is 1.07. The SMILES string of the molecule is CCNC(=NCc1cccc(NC(=O)CN(C)C)c1)NCC(C)Cc1cccs1. The van der Waals surface area contributed by atoms with Crippen molar-refractivity contribution >= 4 is 28.9 Å². The van der Waals surface area contributed by atoms with Gasteiger partial charge >= 0.3 is 0 Å². The highest BCUT2D eigenvalue weighted by molar-refractivity contribution is 7.09. The summed E-state index contributed by atoms with van der Waals surface area (Å²) in [7, 11) is 3.75. The summed E-state index contributed by atoms with van der Waals surface area (Å²) < 4.78 is 0. The van der Waals surface area contributed by atoms with Gasteiger partial charge in [0.15, 0.2) is 5.96 Å². The van der Waals surface area contributed by atoms with E-state index in [0.717, 1.165) is 36.7 Å². The summed E-state index contributed by atoms with van der Waals surface area (Å²) >= 11 is 1.81. The zero-order valence-corrected chi connectivity index (χ0v) is 18.7. The topological polar surface area (TPSA) is 68.8 Å². The molecule has 0 aliphatic rings. The average molecular weight is 416 g/mol. The quantitative estimate of drug-likeness (QED) is 0.412. The molecule has 2 rings (SSSR count). The number of hydrogen-bond acceptors (Lipinski definition) is 4. The van der Waals surface area contributed by atoms with Crippen molar-refractivity contribution in [2.24, 2.45) is 10.9 Å². The Kier molecular flexibility index (Phi) is 9.67. The number of hydrogen-bond donors (Lipinski definition) is 3. The molecule has 1 heterocycles.